The van der Waals surface area contributed by atoms with E-state index in [-0.39, 0.29) is 13.2 Å². The first-order valence-electron chi connectivity index (χ1n) is 8.42. The fourth-order valence-corrected chi connectivity index (χ4v) is 2.03. The van der Waals surface area contributed by atoms with Crippen molar-refractivity contribution in [2.45, 2.75) is 37.9 Å². The van der Waals surface area contributed by atoms with Crippen LogP contribution in [0.15, 0.2) is 24.3 Å². The summed E-state index contributed by atoms with van der Waals surface area (Å²) in [6.07, 6.45) is 2.23. The lowest BCUT2D eigenvalue weighted by atomic mass is 9.88. The highest BCUT2D eigenvalue weighted by Crippen LogP contribution is 2.25. The van der Waals surface area contributed by atoms with E-state index in [1.807, 2.05) is 0 Å². The van der Waals surface area contributed by atoms with Crippen LogP contribution in [0.5, 0.6) is 0 Å². The van der Waals surface area contributed by atoms with Crippen LogP contribution in [0.1, 0.15) is 26.7 Å². The molecule has 0 bridgehead atoms. The van der Waals surface area contributed by atoms with Crippen molar-refractivity contribution in [2.75, 3.05) is 27.4 Å². The molecule has 0 fully saturated rings. The minimum absolute atomic E-state index is 0.0839. The van der Waals surface area contributed by atoms with Gasteiger partial charge in [-0.1, -0.05) is 0 Å². The lowest BCUT2D eigenvalue weighted by molar-refractivity contribution is -0.164. The number of rotatable bonds is 11. The van der Waals surface area contributed by atoms with Gasteiger partial charge in [0, 0.05) is 12.2 Å². The summed E-state index contributed by atoms with van der Waals surface area (Å²) < 4.78 is 18.3. The Kier molecular flexibility index (Phi) is 10.7. The van der Waals surface area contributed by atoms with Crippen molar-refractivity contribution < 1.29 is 48.3 Å². The Labute approximate surface area is 162 Å². The highest BCUT2D eigenvalue weighted by atomic mass is 16.5. The lowest BCUT2D eigenvalue weighted by Gasteiger charge is -2.27. The normalized spacial score (nSPS) is 15.5. The molecular weight excluding hydrogens is 376 g/mol. The number of carbonyl (C=O) groups excluding carboxylic acids is 4. The van der Waals surface area contributed by atoms with Gasteiger partial charge >= 0.3 is 23.9 Å². The second kappa shape index (κ2) is 11.9. The molecule has 0 aliphatic carbocycles. The number of aliphatic hydroxyl groups is 2. The van der Waals surface area contributed by atoms with Crippen LogP contribution in [-0.2, 0) is 38.1 Å². The standard InChI is InChI=1S/C18H26O10/c1-5-27-13(19)7-9-17(23,15(21)25-3)11-12-18(24,16(22)26-4)10-8-14(20)28-6-2/h7-10,23-24H,5-6,11-12H2,1-4H3/b9-7+,10-8+/t17-,18+. The zero-order valence-corrected chi connectivity index (χ0v) is 16.3. The first-order chi connectivity index (χ1) is 13.1. The van der Waals surface area contributed by atoms with E-state index in [4.69, 9.17) is 0 Å². The lowest BCUT2D eigenvalue weighted by Crippen LogP contribution is -2.44. The van der Waals surface area contributed by atoms with E-state index < -0.39 is 47.9 Å². The maximum atomic E-state index is 11.9. The molecule has 10 heteroatoms. The summed E-state index contributed by atoms with van der Waals surface area (Å²) in [7, 11) is 2.03. The van der Waals surface area contributed by atoms with Crippen LogP contribution in [0.25, 0.3) is 0 Å². The minimum atomic E-state index is -2.35. The molecule has 10 nitrogen and oxygen atoms in total. The molecule has 0 unspecified atom stereocenters. The van der Waals surface area contributed by atoms with Crippen LogP contribution in [0, 0.1) is 0 Å². The van der Waals surface area contributed by atoms with Crippen LogP contribution in [0.3, 0.4) is 0 Å². The van der Waals surface area contributed by atoms with E-state index in [1.54, 1.807) is 13.8 Å². The number of methoxy groups -OCH3 is 2. The Morgan fingerprint density at radius 3 is 1.32 bits per heavy atom. The van der Waals surface area contributed by atoms with Crippen molar-refractivity contribution in [2.24, 2.45) is 0 Å². The number of esters is 4. The Morgan fingerprint density at radius 1 is 0.750 bits per heavy atom. The van der Waals surface area contributed by atoms with Gasteiger partial charge in [0.15, 0.2) is 11.2 Å². The molecule has 0 saturated heterocycles. The van der Waals surface area contributed by atoms with Crippen molar-refractivity contribution in [1.29, 1.82) is 0 Å². The summed E-state index contributed by atoms with van der Waals surface area (Å²) in [6.45, 7) is 3.32. The third kappa shape index (κ3) is 7.89. The molecule has 158 valence electrons. The molecular formula is C18H26O10. The van der Waals surface area contributed by atoms with Gasteiger partial charge in [-0.3, -0.25) is 0 Å². The minimum Gasteiger partial charge on any atom is -0.467 e. The number of hydrogen-bond acceptors (Lipinski definition) is 10. The Morgan fingerprint density at radius 2 is 1.07 bits per heavy atom. The largest absolute Gasteiger partial charge is 0.467 e. The van der Waals surface area contributed by atoms with E-state index >= 15 is 0 Å². The first-order valence-corrected chi connectivity index (χ1v) is 8.42. The zero-order valence-electron chi connectivity index (χ0n) is 16.3. The topological polar surface area (TPSA) is 146 Å². The van der Waals surface area contributed by atoms with Crippen LogP contribution in [0.4, 0.5) is 0 Å². The third-order valence-corrected chi connectivity index (χ3v) is 3.53. The van der Waals surface area contributed by atoms with Crippen LogP contribution < -0.4 is 0 Å². The van der Waals surface area contributed by atoms with Gasteiger partial charge < -0.3 is 29.2 Å². The molecule has 0 radical (unpaired) electrons. The fraction of sp³-hybridized carbons (Fsp3) is 0.556. The molecule has 0 spiro atoms. The second-order valence-corrected chi connectivity index (χ2v) is 5.50. The Bertz CT molecular complexity index is 570. The van der Waals surface area contributed by atoms with E-state index in [0.717, 1.165) is 38.5 Å². The van der Waals surface area contributed by atoms with E-state index in [2.05, 4.69) is 18.9 Å². The first kappa shape index (κ1) is 25.3. The van der Waals surface area contributed by atoms with Gasteiger partial charge in [-0.25, -0.2) is 19.2 Å². The van der Waals surface area contributed by atoms with Crippen molar-refractivity contribution in [3.05, 3.63) is 24.3 Å². The summed E-state index contributed by atoms with van der Waals surface area (Å²) >= 11 is 0. The van der Waals surface area contributed by atoms with Crippen LogP contribution >= 0.6 is 0 Å². The monoisotopic (exact) mass is 402 g/mol. The average molecular weight is 402 g/mol. The van der Waals surface area contributed by atoms with Crippen LogP contribution in [-0.4, -0.2) is 72.7 Å². The fourth-order valence-electron chi connectivity index (χ4n) is 2.03. The van der Waals surface area contributed by atoms with Crippen molar-refractivity contribution in [1.82, 2.24) is 0 Å². The predicted molar refractivity (Wildman–Crippen MR) is 94.7 cm³/mol. The summed E-state index contributed by atoms with van der Waals surface area (Å²) in [5.74, 6) is -3.88. The predicted octanol–water partition coefficient (Wildman–Crippen LogP) is -0.187. The Balaban J connectivity index is 5.58. The van der Waals surface area contributed by atoms with Gasteiger partial charge in [-0.2, -0.15) is 0 Å². The average Bonchev–Trinajstić information content (AvgIpc) is 2.68. The quantitative estimate of drug-likeness (QED) is 0.271. The van der Waals surface area contributed by atoms with Gasteiger partial charge in [0.1, 0.15) is 0 Å². The Hall–Kier alpha value is -2.72. The summed E-state index contributed by atoms with van der Waals surface area (Å²) in [5, 5.41) is 21.1. The summed E-state index contributed by atoms with van der Waals surface area (Å²) in [5.41, 5.74) is -4.69. The van der Waals surface area contributed by atoms with E-state index in [0.29, 0.717) is 0 Å². The zero-order chi connectivity index (χ0) is 21.8. The van der Waals surface area contributed by atoms with Gasteiger partial charge in [0.2, 0.25) is 0 Å². The smallest absolute Gasteiger partial charge is 0.341 e. The summed E-state index contributed by atoms with van der Waals surface area (Å²) in [4.78, 5) is 46.8. The maximum absolute atomic E-state index is 11.9. The SMILES string of the molecule is CCOC(=O)/C=C/[C@@](O)(CC[C@@](O)(/C=C/C(=O)OCC)C(=O)OC)C(=O)OC. The maximum Gasteiger partial charge on any atom is 0.341 e. The van der Waals surface area contributed by atoms with Gasteiger partial charge in [-0.15, -0.1) is 0 Å². The van der Waals surface area contributed by atoms with Crippen molar-refractivity contribution >= 4 is 23.9 Å². The molecule has 28 heavy (non-hydrogen) atoms. The van der Waals surface area contributed by atoms with E-state index in [1.165, 1.54) is 0 Å². The van der Waals surface area contributed by atoms with Gasteiger partial charge in [0.25, 0.3) is 0 Å². The molecule has 0 saturated carbocycles. The molecule has 2 atom stereocenters. The second-order valence-electron chi connectivity index (χ2n) is 5.50. The molecule has 0 aromatic heterocycles. The third-order valence-electron chi connectivity index (χ3n) is 3.53. The molecule has 0 heterocycles. The summed E-state index contributed by atoms with van der Waals surface area (Å²) in [6, 6.07) is 0. The van der Waals surface area contributed by atoms with Gasteiger partial charge in [0.05, 0.1) is 27.4 Å². The highest BCUT2D eigenvalue weighted by Gasteiger charge is 2.41. The highest BCUT2D eigenvalue weighted by molar-refractivity contribution is 5.88. The molecule has 0 rings (SSSR count). The number of carbonyl (C=O) groups is 4. The molecule has 0 amide bonds. The van der Waals surface area contributed by atoms with Crippen molar-refractivity contribution in [3.63, 3.8) is 0 Å². The number of hydrogen-bond donors (Lipinski definition) is 2. The molecule has 0 aliphatic heterocycles. The van der Waals surface area contributed by atoms with Gasteiger partial charge in [-0.05, 0) is 38.8 Å². The number of ether oxygens (including phenoxy) is 4. The molecule has 2 N–H and O–H groups in total. The van der Waals surface area contributed by atoms with E-state index in [9.17, 15) is 29.4 Å². The molecule has 0 aromatic carbocycles. The van der Waals surface area contributed by atoms with Crippen LogP contribution in [0.2, 0.25) is 0 Å². The molecule has 0 aromatic rings. The van der Waals surface area contributed by atoms with Crippen molar-refractivity contribution in [3.8, 4) is 0 Å². The molecule has 0 aliphatic rings.